The van der Waals surface area contributed by atoms with Crippen molar-refractivity contribution in [2.75, 3.05) is 31.3 Å². The quantitative estimate of drug-likeness (QED) is 0.270. The first kappa shape index (κ1) is 27.0. The van der Waals surface area contributed by atoms with Crippen LogP contribution in [0.4, 0.5) is 21.5 Å². The number of rotatable bonds is 6. The predicted molar refractivity (Wildman–Crippen MR) is 159 cm³/mol. The lowest BCUT2D eigenvalue weighted by Crippen LogP contribution is -2.26. The normalized spacial score (nSPS) is 15.9. The van der Waals surface area contributed by atoms with Gasteiger partial charge in [-0.3, -0.25) is 9.59 Å². The number of hydrogen-bond acceptors (Lipinski definition) is 6. The molecule has 0 bridgehead atoms. The van der Waals surface area contributed by atoms with Crippen LogP contribution in [0.2, 0.25) is 0 Å². The Labute approximate surface area is 237 Å². The van der Waals surface area contributed by atoms with Crippen molar-refractivity contribution >= 4 is 33.9 Å². The van der Waals surface area contributed by atoms with E-state index >= 15 is 4.39 Å². The number of carbonyl (C=O) groups is 1. The fraction of sp³-hybridized carbons (Fsp3) is 0.344. The van der Waals surface area contributed by atoms with Crippen LogP contribution in [0.25, 0.3) is 22.2 Å². The molecule has 0 spiro atoms. The summed E-state index contributed by atoms with van der Waals surface area (Å²) in [7, 11) is 3.71. The van der Waals surface area contributed by atoms with Crippen molar-refractivity contribution < 1.29 is 13.9 Å². The smallest absolute Gasteiger partial charge is 0.259 e. The van der Waals surface area contributed by atoms with E-state index in [0.717, 1.165) is 51.6 Å². The predicted octanol–water partition coefficient (Wildman–Crippen LogP) is 5.99. The standard InChI is InChI=1S/C32H34FN5O3/c1-38-13-11-20-15-29(41-2)27(14-21(20)18-38)37-28-17-26(36-25-10-12-34-32(40)30(25)28)23-9-8-22(16-24(23)33)35-31(39)19-6-4-3-5-7-19/h8-10,12,14-17,19H,3-7,11,13,18H2,1-2H3,(H,34,40)(H,35,39)(H,36,37). The molecule has 4 aromatic rings. The van der Waals surface area contributed by atoms with Gasteiger partial charge in [0, 0.05) is 36.5 Å². The number of H-pyrrole nitrogens is 1. The Kier molecular flexibility index (Phi) is 7.45. The lowest BCUT2D eigenvalue weighted by atomic mass is 9.88. The summed E-state index contributed by atoms with van der Waals surface area (Å²) in [5.41, 5.74) is 4.80. The van der Waals surface area contributed by atoms with Crippen LogP contribution < -0.4 is 20.9 Å². The van der Waals surface area contributed by atoms with E-state index in [-0.39, 0.29) is 22.9 Å². The minimum atomic E-state index is -0.511. The number of aromatic amines is 1. The average Bonchev–Trinajstić information content (AvgIpc) is 2.97. The average molecular weight is 556 g/mol. The molecule has 1 fully saturated rings. The number of anilines is 3. The molecule has 3 heterocycles. The second-order valence-electron chi connectivity index (χ2n) is 11.1. The van der Waals surface area contributed by atoms with Crippen LogP contribution in [0.1, 0.15) is 43.2 Å². The Morgan fingerprint density at radius 3 is 2.68 bits per heavy atom. The van der Waals surface area contributed by atoms with Crippen molar-refractivity contribution in [2.45, 2.75) is 45.1 Å². The lowest BCUT2D eigenvalue weighted by molar-refractivity contribution is -0.120. The number of pyridine rings is 2. The molecule has 1 aliphatic heterocycles. The number of aromatic nitrogens is 2. The molecule has 0 saturated heterocycles. The van der Waals surface area contributed by atoms with Crippen LogP contribution in [-0.4, -0.2) is 41.5 Å². The summed E-state index contributed by atoms with van der Waals surface area (Å²) in [6.07, 6.45) is 7.45. The molecular formula is C32H34FN5O3. The van der Waals surface area contributed by atoms with Gasteiger partial charge in [-0.15, -0.1) is 0 Å². The zero-order chi connectivity index (χ0) is 28.5. The van der Waals surface area contributed by atoms with Crippen molar-refractivity contribution in [2.24, 2.45) is 5.92 Å². The molecular weight excluding hydrogens is 521 g/mol. The van der Waals surface area contributed by atoms with E-state index in [1.807, 2.05) is 6.07 Å². The number of likely N-dealkylation sites (N-methyl/N-ethyl adjacent to an activating group) is 1. The first-order chi connectivity index (χ1) is 19.9. The van der Waals surface area contributed by atoms with E-state index in [9.17, 15) is 9.59 Å². The van der Waals surface area contributed by atoms with E-state index in [4.69, 9.17) is 4.74 Å². The van der Waals surface area contributed by atoms with Crippen molar-refractivity contribution in [3.8, 4) is 17.0 Å². The molecule has 9 heteroatoms. The number of carbonyl (C=O) groups excluding carboxylic acids is 1. The molecule has 1 amide bonds. The number of halogens is 1. The molecule has 2 aromatic carbocycles. The Hall–Kier alpha value is -4.24. The number of fused-ring (bicyclic) bond motifs is 2. The van der Waals surface area contributed by atoms with Crippen LogP contribution in [0.3, 0.4) is 0 Å². The number of benzene rings is 2. The first-order valence-corrected chi connectivity index (χ1v) is 14.2. The summed E-state index contributed by atoms with van der Waals surface area (Å²) in [6, 6.07) is 12.1. The van der Waals surface area contributed by atoms with E-state index in [1.165, 1.54) is 23.4 Å². The monoisotopic (exact) mass is 555 g/mol. The lowest BCUT2D eigenvalue weighted by Gasteiger charge is -2.26. The van der Waals surface area contributed by atoms with Crippen molar-refractivity contribution in [3.05, 3.63) is 76.0 Å². The van der Waals surface area contributed by atoms with Gasteiger partial charge in [-0.1, -0.05) is 19.3 Å². The number of ether oxygens (including phenoxy) is 1. The number of amides is 1. The third-order valence-electron chi connectivity index (χ3n) is 8.21. The van der Waals surface area contributed by atoms with E-state index < -0.39 is 5.82 Å². The van der Waals surface area contributed by atoms with Gasteiger partial charge in [-0.2, -0.15) is 0 Å². The van der Waals surface area contributed by atoms with Crippen LogP contribution in [0, 0.1) is 11.7 Å². The van der Waals surface area contributed by atoms with Gasteiger partial charge in [0.25, 0.3) is 5.56 Å². The number of nitrogens with zero attached hydrogens (tertiary/aromatic N) is 2. The summed E-state index contributed by atoms with van der Waals surface area (Å²) in [5.74, 6) is 0.0674. The molecule has 1 aliphatic carbocycles. The van der Waals surface area contributed by atoms with Gasteiger partial charge >= 0.3 is 0 Å². The van der Waals surface area contributed by atoms with E-state index in [0.29, 0.717) is 39.4 Å². The van der Waals surface area contributed by atoms with Crippen molar-refractivity contribution in [1.82, 2.24) is 14.9 Å². The van der Waals surface area contributed by atoms with Gasteiger partial charge in [0.15, 0.2) is 0 Å². The molecule has 2 aromatic heterocycles. The topological polar surface area (TPSA) is 99.3 Å². The van der Waals surface area contributed by atoms with Gasteiger partial charge in [-0.05, 0) is 79.9 Å². The Balaban J connectivity index is 1.36. The Morgan fingerprint density at radius 1 is 1.07 bits per heavy atom. The van der Waals surface area contributed by atoms with Gasteiger partial charge in [0.1, 0.15) is 11.6 Å². The van der Waals surface area contributed by atoms with Crippen LogP contribution in [-0.2, 0) is 17.8 Å². The maximum Gasteiger partial charge on any atom is 0.259 e. The highest BCUT2D eigenvalue weighted by molar-refractivity contribution is 5.96. The van der Waals surface area contributed by atoms with Gasteiger partial charge < -0.3 is 25.3 Å². The summed E-state index contributed by atoms with van der Waals surface area (Å²) in [6.45, 7) is 1.79. The second-order valence-corrected chi connectivity index (χ2v) is 11.1. The molecule has 8 nitrogen and oxygen atoms in total. The molecule has 2 aliphatic rings. The van der Waals surface area contributed by atoms with E-state index in [2.05, 4.69) is 38.6 Å². The summed E-state index contributed by atoms with van der Waals surface area (Å²) >= 11 is 0. The summed E-state index contributed by atoms with van der Waals surface area (Å²) < 4.78 is 21.2. The van der Waals surface area contributed by atoms with Gasteiger partial charge in [0.2, 0.25) is 5.91 Å². The van der Waals surface area contributed by atoms with Gasteiger partial charge in [0.05, 0.1) is 35.1 Å². The molecule has 0 unspecified atom stereocenters. The van der Waals surface area contributed by atoms with Crippen LogP contribution >= 0.6 is 0 Å². The number of nitrogens with one attached hydrogen (secondary N) is 3. The van der Waals surface area contributed by atoms with Crippen molar-refractivity contribution in [3.63, 3.8) is 0 Å². The molecule has 41 heavy (non-hydrogen) atoms. The maximum atomic E-state index is 15.5. The molecule has 212 valence electrons. The molecule has 3 N–H and O–H groups in total. The van der Waals surface area contributed by atoms with E-state index in [1.54, 1.807) is 31.4 Å². The highest BCUT2D eigenvalue weighted by Crippen LogP contribution is 2.36. The summed E-state index contributed by atoms with van der Waals surface area (Å²) in [5, 5.41) is 6.64. The molecule has 6 rings (SSSR count). The minimum Gasteiger partial charge on any atom is -0.495 e. The number of methoxy groups -OCH3 is 1. The first-order valence-electron chi connectivity index (χ1n) is 14.2. The van der Waals surface area contributed by atoms with Crippen LogP contribution in [0.15, 0.2) is 53.5 Å². The third kappa shape index (κ3) is 5.54. The second kappa shape index (κ2) is 11.3. The zero-order valence-corrected chi connectivity index (χ0v) is 23.4. The summed E-state index contributed by atoms with van der Waals surface area (Å²) in [4.78, 5) is 35.2. The SMILES string of the molecule is COc1cc2c(cc1Nc1cc(-c3ccc(NC(=O)C4CCCCC4)cc3F)nc3cc[nH]c(=O)c13)CN(C)CC2. The minimum absolute atomic E-state index is 0.0265. The number of hydrogen-bond donors (Lipinski definition) is 3. The third-order valence-corrected chi connectivity index (χ3v) is 8.21. The molecule has 1 saturated carbocycles. The largest absolute Gasteiger partial charge is 0.495 e. The molecule has 0 atom stereocenters. The highest BCUT2D eigenvalue weighted by atomic mass is 19.1. The Morgan fingerprint density at radius 2 is 1.90 bits per heavy atom. The van der Waals surface area contributed by atoms with Crippen molar-refractivity contribution in [1.29, 1.82) is 0 Å². The zero-order valence-electron chi connectivity index (χ0n) is 23.4. The maximum absolute atomic E-state index is 15.5. The Bertz CT molecular complexity index is 1680. The van der Waals surface area contributed by atoms with Crippen LogP contribution in [0.5, 0.6) is 5.75 Å². The molecule has 0 radical (unpaired) electrons. The fourth-order valence-corrected chi connectivity index (χ4v) is 5.98. The fourth-order valence-electron chi connectivity index (χ4n) is 5.98. The highest BCUT2D eigenvalue weighted by Gasteiger charge is 2.22. The van der Waals surface area contributed by atoms with Gasteiger partial charge in [-0.25, -0.2) is 9.37 Å².